The quantitative estimate of drug-likeness (QED) is 0.816. The van der Waals surface area contributed by atoms with E-state index in [1.807, 2.05) is 16.8 Å². The number of hydrogen-bond acceptors (Lipinski definition) is 6. The summed E-state index contributed by atoms with van der Waals surface area (Å²) in [6.07, 6.45) is 0. The van der Waals surface area contributed by atoms with Crippen molar-refractivity contribution in [1.29, 1.82) is 0 Å². The third kappa shape index (κ3) is 3.73. The molecule has 1 aliphatic rings. The lowest BCUT2D eigenvalue weighted by Gasteiger charge is -2.39. The molecule has 0 spiro atoms. The van der Waals surface area contributed by atoms with Crippen LogP contribution in [-0.4, -0.2) is 69.8 Å². The highest BCUT2D eigenvalue weighted by Gasteiger charge is 2.34. The summed E-state index contributed by atoms with van der Waals surface area (Å²) in [6, 6.07) is 8.16. The molecule has 1 aromatic carbocycles. The summed E-state index contributed by atoms with van der Waals surface area (Å²) in [7, 11) is 1.72. The smallest absolute Gasteiger partial charge is 0.173 e. The molecular formula is C19H30N6O. The number of hydrogen-bond donors (Lipinski definition) is 0. The SMILES string of the molecule is CCN1CCN(C(c2ccccc2OC)c2nnnn2C(C)(C)C)CC1. The maximum absolute atomic E-state index is 5.67. The number of ether oxygens (including phenoxy) is 1. The van der Waals surface area contributed by atoms with Crippen molar-refractivity contribution in [3.63, 3.8) is 0 Å². The van der Waals surface area contributed by atoms with Gasteiger partial charge in [-0.1, -0.05) is 25.1 Å². The highest BCUT2D eigenvalue weighted by atomic mass is 16.5. The van der Waals surface area contributed by atoms with Crippen molar-refractivity contribution in [2.45, 2.75) is 39.3 Å². The van der Waals surface area contributed by atoms with Gasteiger partial charge in [0.05, 0.1) is 12.6 Å². The van der Waals surface area contributed by atoms with Crippen LogP contribution in [0.5, 0.6) is 5.75 Å². The summed E-state index contributed by atoms with van der Waals surface area (Å²) in [5, 5.41) is 12.7. The molecule has 142 valence electrons. The number of rotatable bonds is 5. The Bertz CT molecular complexity index is 715. The fourth-order valence-electron chi connectivity index (χ4n) is 3.57. The molecule has 1 unspecified atom stereocenters. The van der Waals surface area contributed by atoms with E-state index in [2.05, 4.69) is 65.2 Å². The first-order valence-corrected chi connectivity index (χ1v) is 9.33. The van der Waals surface area contributed by atoms with Crippen molar-refractivity contribution in [2.75, 3.05) is 39.8 Å². The minimum absolute atomic E-state index is 0.0284. The van der Waals surface area contributed by atoms with E-state index in [9.17, 15) is 0 Å². The third-order valence-electron chi connectivity index (χ3n) is 5.03. The van der Waals surface area contributed by atoms with Crippen LogP contribution in [0.25, 0.3) is 0 Å². The number of likely N-dealkylation sites (N-methyl/N-ethyl adjacent to an activating group) is 1. The molecule has 3 rings (SSSR count). The number of benzene rings is 1. The molecule has 0 amide bonds. The van der Waals surface area contributed by atoms with Gasteiger partial charge in [0.15, 0.2) is 5.82 Å². The number of methoxy groups -OCH3 is 1. The largest absolute Gasteiger partial charge is 0.496 e. The molecule has 2 heterocycles. The normalized spacial score (nSPS) is 18.0. The standard InChI is InChI=1S/C19H30N6O/c1-6-23-11-13-24(14-12-23)17(15-9-7-8-10-16(15)26-5)18-20-21-22-25(18)19(2,3)4/h7-10,17H,6,11-14H2,1-5H3. The van der Waals surface area contributed by atoms with Crippen LogP contribution in [0.3, 0.4) is 0 Å². The first-order valence-electron chi connectivity index (χ1n) is 9.33. The van der Waals surface area contributed by atoms with Gasteiger partial charge in [-0.25, -0.2) is 4.68 Å². The Hall–Kier alpha value is -1.99. The third-order valence-corrected chi connectivity index (χ3v) is 5.03. The Morgan fingerprint density at radius 1 is 1.12 bits per heavy atom. The molecule has 0 N–H and O–H groups in total. The number of piperazine rings is 1. The summed E-state index contributed by atoms with van der Waals surface area (Å²) >= 11 is 0. The van der Waals surface area contributed by atoms with Crippen LogP contribution in [0.15, 0.2) is 24.3 Å². The minimum atomic E-state index is -0.190. The van der Waals surface area contributed by atoms with Crippen LogP contribution in [0.1, 0.15) is 45.1 Å². The molecule has 1 atom stereocenters. The van der Waals surface area contributed by atoms with Crippen molar-refractivity contribution in [1.82, 2.24) is 30.0 Å². The summed E-state index contributed by atoms with van der Waals surface area (Å²) < 4.78 is 7.61. The monoisotopic (exact) mass is 358 g/mol. The number of para-hydroxylation sites is 1. The first kappa shape index (κ1) is 18.8. The highest BCUT2D eigenvalue weighted by Crippen LogP contribution is 2.35. The van der Waals surface area contributed by atoms with E-state index in [1.165, 1.54) is 0 Å². The second-order valence-corrected chi connectivity index (χ2v) is 7.73. The van der Waals surface area contributed by atoms with Crippen LogP contribution in [0, 0.1) is 0 Å². The molecule has 7 heteroatoms. The van der Waals surface area contributed by atoms with Gasteiger partial charge in [0, 0.05) is 31.7 Å². The van der Waals surface area contributed by atoms with Crippen molar-refractivity contribution in [3.05, 3.63) is 35.7 Å². The fourth-order valence-corrected chi connectivity index (χ4v) is 3.57. The molecule has 1 saturated heterocycles. The van der Waals surface area contributed by atoms with E-state index in [0.717, 1.165) is 49.9 Å². The van der Waals surface area contributed by atoms with Gasteiger partial charge in [-0.2, -0.15) is 0 Å². The van der Waals surface area contributed by atoms with E-state index >= 15 is 0 Å². The van der Waals surface area contributed by atoms with Gasteiger partial charge in [0.1, 0.15) is 11.8 Å². The van der Waals surface area contributed by atoms with Gasteiger partial charge >= 0.3 is 0 Å². The molecule has 1 aromatic heterocycles. The van der Waals surface area contributed by atoms with Crippen molar-refractivity contribution in [2.24, 2.45) is 0 Å². The van der Waals surface area contributed by atoms with Crippen LogP contribution >= 0.6 is 0 Å². The van der Waals surface area contributed by atoms with Crippen LogP contribution in [0.2, 0.25) is 0 Å². The lowest BCUT2D eigenvalue weighted by Crippen LogP contribution is -2.48. The Balaban J connectivity index is 2.05. The predicted molar refractivity (Wildman–Crippen MR) is 101 cm³/mol. The summed E-state index contributed by atoms with van der Waals surface area (Å²) in [5.74, 6) is 1.74. The second kappa shape index (κ2) is 7.72. The Morgan fingerprint density at radius 3 is 2.42 bits per heavy atom. The predicted octanol–water partition coefficient (Wildman–Crippen LogP) is 2.16. The Labute approximate surface area is 155 Å². The molecule has 2 aromatic rings. The Morgan fingerprint density at radius 2 is 1.81 bits per heavy atom. The van der Waals surface area contributed by atoms with E-state index in [1.54, 1.807) is 7.11 Å². The van der Waals surface area contributed by atoms with Crippen LogP contribution in [-0.2, 0) is 5.54 Å². The molecule has 1 fully saturated rings. The number of aromatic nitrogens is 4. The van der Waals surface area contributed by atoms with E-state index in [-0.39, 0.29) is 11.6 Å². The van der Waals surface area contributed by atoms with E-state index in [0.29, 0.717) is 0 Å². The Kier molecular flexibility index (Phi) is 5.58. The zero-order valence-electron chi connectivity index (χ0n) is 16.5. The molecule has 26 heavy (non-hydrogen) atoms. The van der Waals surface area contributed by atoms with Crippen LogP contribution in [0.4, 0.5) is 0 Å². The molecule has 0 bridgehead atoms. The zero-order chi connectivity index (χ0) is 18.7. The number of tetrazole rings is 1. The van der Waals surface area contributed by atoms with Gasteiger partial charge in [0.25, 0.3) is 0 Å². The highest BCUT2D eigenvalue weighted by molar-refractivity contribution is 5.39. The summed E-state index contributed by atoms with van der Waals surface area (Å²) in [4.78, 5) is 4.94. The molecule has 0 radical (unpaired) electrons. The molecule has 0 saturated carbocycles. The topological polar surface area (TPSA) is 59.3 Å². The molecular weight excluding hydrogens is 328 g/mol. The maximum Gasteiger partial charge on any atom is 0.173 e. The number of nitrogens with zero attached hydrogens (tertiary/aromatic N) is 6. The van der Waals surface area contributed by atoms with Crippen molar-refractivity contribution in [3.8, 4) is 5.75 Å². The average Bonchev–Trinajstić information content (AvgIpc) is 3.13. The van der Waals surface area contributed by atoms with Gasteiger partial charge < -0.3 is 9.64 Å². The van der Waals surface area contributed by atoms with Crippen LogP contribution < -0.4 is 4.74 Å². The summed E-state index contributed by atoms with van der Waals surface area (Å²) in [5.41, 5.74) is 0.921. The molecule has 0 aliphatic carbocycles. The minimum Gasteiger partial charge on any atom is -0.496 e. The average molecular weight is 358 g/mol. The van der Waals surface area contributed by atoms with E-state index < -0.39 is 0 Å². The second-order valence-electron chi connectivity index (χ2n) is 7.73. The van der Waals surface area contributed by atoms with Crippen molar-refractivity contribution < 1.29 is 4.74 Å². The zero-order valence-corrected chi connectivity index (χ0v) is 16.5. The summed E-state index contributed by atoms with van der Waals surface area (Å²) in [6.45, 7) is 13.8. The van der Waals surface area contributed by atoms with Gasteiger partial charge in [-0.3, -0.25) is 4.90 Å². The lowest BCUT2D eigenvalue weighted by atomic mass is 10.0. The van der Waals surface area contributed by atoms with Crippen molar-refractivity contribution >= 4 is 0 Å². The first-order chi connectivity index (χ1) is 12.5. The van der Waals surface area contributed by atoms with Gasteiger partial charge in [-0.05, 0) is 43.8 Å². The lowest BCUT2D eigenvalue weighted by molar-refractivity contribution is 0.105. The molecule has 1 aliphatic heterocycles. The van der Waals surface area contributed by atoms with Gasteiger partial charge in [-0.15, -0.1) is 5.10 Å². The van der Waals surface area contributed by atoms with E-state index in [4.69, 9.17) is 4.74 Å². The maximum atomic E-state index is 5.67. The fraction of sp³-hybridized carbons (Fsp3) is 0.632. The van der Waals surface area contributed by atoms with Gasteiger partial charge in [0.2, 0.25) is 0 Å². The molecule has 7 nitrogen and oxygen atoms in total.